The van der Waals surface area contributed by atoms with Crippen molar-refractivity contribution in [1.29, 1.82) is 0 Å². The fourth-order valence-corrected chi connectivity index (χ4v) is 3.48. The highest BCUT2D eigenvalue weighted by molar-refractivity contribution is 5.70. The molecule has 3 heterocycles. The minimum atomic E-state index is -0.426. The van der Waals surface area contributed by atoms with Crippen LogP contribution in [0.4, 0.5) is 5.95 Å². The second-order valence-corrected chi connectivity index (χ2v) is 6.77. The molecule has 9 nitrogen and oxygen atoms in total. The normalized spacial score (nSPS) is 25.4. The van der Waals surface area contributed by atoms with Gasteiger partial charge in [-0.15, -0.1) is 0 Å². The molecule has 1 aromatic carbocycles. The largest absolute Gasteiger partial charge is 0.497 e. The number of ether oxygens (including phenoxy) is 5. The zero-order valence-corrected chi connectivity index (χ0v) is 16.2. The van der Waals surface area contributed by atoms with E-state index in [1.165, 1.54) is 7.11 Å². The van der Waals surface area contributed by atoms with E-state index in [0.29, 0.717) is 19.2 Å². The van der Waals surface area contributed by atoms with Gasteiger partial charge in [-0.3, -0.25) is 0 Å². The third-order valence-corrected chi connectivity index (χ3v) is 5.01. The van der Waals surface area contributed by atoms with Gasteiger partial charge >= 0.3 is 5.97 Å². The standard InChI is InChI=1S/C20H23N3O6/c1-25-13-5-3-12(4-6-13)14-7-8-21-20(22-14)23-15-9-28-19-16(10-29-18(15)19)27-11-17(24)26-2/h3-8,15-16,18-19H,9-11H2,1-2H3,(H,21,22,23)/t15-,16-,18-,19+/m1/s1. The zero-order chi connectivity index (χ0) is 20.2. The molecule has 2 aliphatic rings. The van der Waals surface area contributed by atoms with E-state index in [9.17, 15) is 4.79 Å². The summed E-state index contributed by atoms with van der Waals surface area (Å²) in [6.07, 6.45) is 0.949. The smallest absolute Gasteiger partial charge is 0.331 e. The number of methoxy groups -OCH3 is 2. The van der Waals surface area contributed by atoms with Gasteiger partial charge in [0, 0.05) is 11.8 Å². The Morgan fingerprint density at radius 1 is 1.14 bits per heavy atom. The Balaban J connectivity index is 1.39. The summed E-state index contributed by atoms with van der Waals surface area (Å²) < 4.78 is 27.1. The van der Waals surface area contributed by atoms with Crippen LogP contribution in [0.3, 0.4) is 0 Å². The third kappa shape index (κ3) is 4.31. The highest BCUT2D eigenvalue weighted by Crippen LogP contribution is 2.30. The fraction of sp³-hybridized carbons (Fsp3) is 0.450. The molecule has 1 N–H and O–H groups in total. The second-order valence-electron chi connectivity index (χ2n) is 6.77. The Hall–Kier alpha value is -2.75. The fourth-order valence-electron chi connectivity index (χ4n) is 3.48. The second kappa shape index (κ2) is 8.73. The Bertz CT molecular complexity index is 846. The number of anilines is 1. The van der Waals surface area contributed by atoms with Crippen molar-refractivity contribution in [2.75, 3.05) is 39.4 Å². The van der Waals surface area contributed by atoms with Crippen LogP contribution in [0.15, 0.2) is 36.5 Å². The number of carbonyl (C=O) groups excluding carboxylic acids is 1. The number of hydrogen-bond acceptors (Lipinski definition) is 9. The summed E-state index contributed by atoms with van der Waals surface area (Å²) in [4.78, 5) is 20.2. The molecule has 0 saturated carbocycles. The SMILES string of the molecule is COC(=O)CO[C@@H]1CO[C@H]2[C@H]1OC[C@H]2Nc1nccc(-c2ccc(OC)cc2)n1. The molecule has 0 bridgehead atoms. The zero-order valence-electron chi connectivity index (χ0n) is 16.2. The van der Waals surface area contributed by atoms with Crippen LogP contribution in [0.2, 0.25) is 0 Å². The van der Waals surface area contributed by atoms with Crippen molar-refractivity contribution >= 4 is 11.9 Å². The summed E-state index contributed by atoms with van der Waals surface area (Å²) in [5, 5.41) is 3.30. The van der Waals surface area contributed by atoms with E-state index in [4.69, 9.17) is 18.9 Å². The van der Waals surface area contributed by atoms with E-state index in [-0.39, 0.29) is 31.0 Å². The number of nitrogens with one attached hydrogen (secondary N) is 1. The number of carbonyl (C=O) groups is 1. The average Bonchev–Trinajstić information content (AvgIpc) is 3.35. The van der Waals surface area contributed by atoms with Gasteiger partial charge < -0.3 is 29.0 Å². The van der Waals surface area contributed by atoms with Gasteiger partial charge in [0.05, 0.1) is 39.2 Å². The van der Waals surface area contributed by atoms with Gasteiger partial charge in [0.2, 0.25) is 5.95 Å². The summed E-state index contributed by atoms with van der Waals surface area (Å²) in [6, 6.07) is 9.41. The summed E-state index contributed by atoms with van der Waals surface area (Å²) in [6.45, 7) is 0.670. The van der Waals surface area contributed by atoms with Gasteiger partial charge in [-0.05, 0) is 30.3 Å². The van der Waals surface area contributed by atoms with Crippen LogP contribution in [0, 0.1) is 0 Å². The highest BCUT2D eigenvalue weighted by atomic mass is 16.6. The van der Waals surface area contributed by atoms with Crippen molar-refractivity contribution in [3.05, 3.63) is 36.5 Å². The number of nitrogens with zero attached hydrogens (tertiary/aromatic N) is 2. The average molecular weight is 401 g/mol. The molecule has 0 amide bonds. The molecule has 0 radical (unpaired) electrons. The molecule has 2 aromatic rings. The minimum absolute atomic E-state index is 0.113. The van der Waals surface area contributed by atoms with Crippen LogP contribution >= 0.6 is 0 Å². The molecule has 4 atom stereocenters. The molecule has 0 aliphatic carbocycles. The first-order valence-corrected chi connectivity index (χ1v) is 9.33. The lowest BCUT2D eigenvalue weighted by atomic mass is 10.1. The van der Waals surface area contributed by atoms with Gasteiger partial charge in [-0.25, -0.2) is 14.8 Å². The Kier molecular flexibility index (Phi) is 5.89. The van der Waals surface area contributed by atoms with Gasteiger partial charge in [0.25, 0.3) is 0 Å². The van der Waals surface area contributed by atoms with Crippen molar-refractivity contribution in [1.82, 2.24) is 9.97 Å². The molecule has 0 unspecified atom stereocenters. The predicted molar refractivity (Wildman–Crippen MR) is 103 cm³/mol. The first kappa shape index (κ1) is 19.6. The van der Waals surface area contributed by atoms with Gasteiger partial charge in [0.15, 0.2) is 0 Å². The van der Waals surface area contributed by atoms with Gasteiger partial charge in [-0.2, -0.15) is 0 Å². The van der Waals surface area contributed by atoms with Crippen molar-refractivity contribution < 1.29 is 28.5 Å². The van der Waals surface area contributed by atoms with Crippen LogP contribution < -0.4 is 10.1 Å². The summed E-state index contributed by atoms with van der Waals surface area (Å²) in [5.74, 6) is 0.859. The van der Waals surface area contributed by atoms with Crippen LogP contribution in [-0.4, -0.2) is 74.3 Å². The molecular weight excluding hydrogens is 378 g/mol. The van der Waals surface area contributed by atoms with E-state index in [2.05, 4.69) is 20.0 Å². The molecule has 0 spiro atoms. The van der Waals surface area contributed by atoms with E-state index in [1.807, 2.05) is 30.3 Å². The quantitative estimate of drug-likeness (QED) is 0.688. The molecule has 29 heavy (non-hydrogen) atoms. The highest BCUT2D eigenvalue weighted by Gasteiger charge is 2.48. The Morgan fingerprint density at radius 2 is 1.93 bits per heavy atom. The minimum Gasteiger partial charge on any atom is -0.497 e. The lowest BCUT2D eigenvalue weighted by molar-refractivity contribution is -0.149. The maximum absolute atomic E-state index is 11.3. The van der Waals surface area contributed by atoms with Crippen LogP contribution in [0.5, 0.6) is 5.75 Å². The molecule has 9 heteroatoms. The van der Waals surface area contributed by atoms with Crippen molar-refractivity contribution in [3.8, 4) is 17.0 Å². The van der Waals surface area contributed by atoms with Crippen molar-refractivity contribution in [3.63, 3.8) is 0 Å². The summed E-state index contributed by atoms with van der Waals surface area (Å²) in [5.41, 5.74) is 1.76. The van der Waals surface area contributed by atoms with Crippen LogP contribution in [0.25, 0.3) is 11.3 Å². The van der Waals surface area contributed by atoms with E-state index >= 15 is 0 Å². The monoisotopic (exact) mass is 401 g/mol. The number of esters is 1. The first-order chi connectivity index (χ1) is 14.2. The maximum atomic E-state index is 11.3. The molecule has 154 valence electrons. The lowest BCUT2D eigenvalue weighted by Crippen LogP contribution is -2.37. The van der Waals surface area contributed by atoms with E-state index in [0.717, 1.165) is 17.0 Å². The van der Waals surface area contributed by atoms with Gasteiger partial charge in [-0.1, -0.05) is 0 Å². The summed E-state index contributed by atoms with van der Waals surface area (Å²) in [7, 11) is 2.96. The molecule has 2 fully saturated rings. The third-order valence-electron chi connectivity index (χ3n) is 5.01. The number of aromatic nitrogens is 2. The molecule has 1 aromatic heterocycles. The number of hydrogen-bond donors (Lipinski definition) is 1. The lowest BCUT2D eigenvalue weighted by Gasteiger charge is -2.18. The Morgan fingerprint density at radius 3 is 2.69 bits per heavy atom. The van der Waals surface area contributed by atoms with Gasteiger partial charge in [0.1, 0.15) is 30.7 Å². The topological polar surface area (TPSA) is 101 Å². The van der Waals surface area contributed by atoms with Crippen LogP contribution in [0.1, 0.15) is 0 Å². The number of rotatable bonds is 7. The van der Waals surface area contributed by atoms with Crippen LogP contribution in [-0.2, 0) is 23.7 Å². The molecular formula is C20H23N3O6. The molecule has 2 saturated heterocycles. The van der Waals surface area contributed by atoms with E-state index in [1.54, 1.807) is 13.3 Å². The van der Waals surface area contributed by atoms with Crippen molar-refractivity contribution in [2.24, 2.45) is 0 Å². The molecule has 2 aliphatic heterocycles. The number of fused-ring (bicyclic) bond motifs is 1. The maximum Gasteiger partial charge on any atom is 0.331 e. The molecule has 4 rings (SSSR count). The Labute approximate surface area is 168 Å². The summed E-state index contributed by atoms with van der Waals surface area (Å²) >= 11 is 0. The first-order valence-electron chi connectivity index (χ1n) is 9.33. The predicted octanol–water partition coefficient (Wildman–Crippen LogP) is 1.29. The van der Waals surface area contributed by atoms with Crippen molar-refractivity contribution in [2.45, 2.75) is 24.4 Å². The van der Waals surface area contributed by atoms with E-state index < -0.39 is 5.97 Å². The number of benzene rings is 1.